The number of hydrogen-bond acceptors (Lipinski definition) is 4. The predicted octanol–water partition coefficient (Wildman–Crippen LogP) is 3.87. The molecule has 7 heteroatoms. The first-order valence-corrected chi connectivity index (χ1v) is 12.0. The quantitative estimate of drug-likeness (QED) is 0.567. The van der Waals surface area contributed by atoms with E-state index in [0.29, 0.717) is 23.8 Å². The van der Waals surface area contributed by atoms with Crippen LogP contribution in [0.4, 0.5) is 5.69 Å². The van der Waals surface area contributed by atoms with E-state index in [1.165, 1.54) is 24.8 Å². The highest BCUT2D eigenvalue weighted by Gasteiger charge is 2.51. The molecule has 3 aromatic rings. The molecule has 1 aromatic heterocycles. The average molecular weight is 448 g/mol. The summed E-state index contributed by atoms with van der Waals surface area (Å²) in [7, 11) is 2.25. The topological polar surface area (TPSA) is 84.2 Å². The van der Waals surface area contributed by atoms with E-state index < -0.39 is 0 Å². The third-order valence-electron chi connectivity index (χ3n) is 7.78. The van der Waals surface area contributed by atoms with Gasteiger partial charge in [0.2, 0.25) is 5.91 Å². The number of amides is 1. The molecule has 1 amide bonds. The minimum absolute atomic E-state index is 0.0258. The van der Waals surface area contributed by atoms with Gasteiger partial charge in [-0.25, -0.2) is 4.79 Å². The predicted molar refractivity (Wildman–Crippen MR) is 131 cm³/mol. The van der Waals surface area contributed by atoms with E-state index >= 15 is 0 Å². The molecular weight excluding hydrogens is 414 g/mol. The number of nitrogens with one attached hydrogen (secondary N) is 3. The summed E-state index contributed by atoms with van der Waals surface area (Å²) in [6, 6.07) is 16.6. The van der Waals surface area contributed by atoms with Gasteiger partial charge in [-0.2, -0.15) is 0 Å². The second kappa shape index (κ2) is 8.80. The molecule has 3 heterocycles. The molecule has 0 bridgehead atoms. The van der Waals surface area contributed by atoms with E-state index in [0.717, 1.165) is 24.9 Å². The summed E-state index contributed by atoms with van der Waals surface area (Å²) < 4.78 is 0. The Morgan fingerprint density at radius 2 is 1.88 bits per heavy atom. The van der Waals surface area contributed by atoms with Crippen molar-refractivity contribution >= 4 is 22.6 Å². The molecule has 2 saturated heterocycles. The monoisotopic (exact) mass is 447 g/mol. The molecule has 2 aromatic carbocycles. The number of nitrogens with zero attached hydrogens (tertiary/aromatic N) is 2. The number of H-pyrrole nitrogens is 2. The Balaban J connectivity index is 1.41. The molecule has 3 atom stereocenters. The zero-order chi connectivity index (χ0) is 23.0. The number of aromatic nitrogens is 2. The molecular formula is C26H33N5O2. The Kier molecular flexibility index (Phi) is 5.85. The van der Waals surface area contributed by atoms with Crippen molar-refractivity contribution < 1.29 is 4.79 Å². The fourth-order valence-electron chi connectivity index (χ4n) is 5.91. The number of fused-ring (bicyclic) bond motifs is 2. The van der Waals surface area contributed by atoms with E-state index in [1.54, 1.807) is 6.07 Å². The maximum atomic E-state index is 13.3. The van der Waals surface area contributed by atoms with Crippen molar-refractivity contribution in [3.8, 4) is 0 Å². The van der Waals surface area contributed by atoms with Gasteiger partial charge in [-0.15, -0.1) is 0 Å². The van der Waals surface area contributed by atoms with Crippen molar-refractivity contribution in [3.63, 3.8) is 0 Å². The molecule has 33 heavy (non-hydrogen) atoms. The number of carbonyl (C=O) groups is 1. The van der Waals surface area contributed by atoms with Gasteiger partial charge in [0.1, 0.15) is 0 Å². The summed E-state index contributed by atoms with van der Waals surface area (Å²) in [6.07, 6.45) is 5.79. The standard InChI is InChI=1S/C26H33N5O2/c1-26-16-22(18-9-5-3-6-10-18)31(23(26)11-7-4-8-14-30(26)2)17-24(32)27-19-12-13-20-21(15-19)29-25(33)28-20/h3,5-6,9-10,12-13,15,22-23H,4,7-8,11,14,16-17H2,1-2H3,(H,27,32)(H2,28,29,33)/t22-,23-,26-/m0/s1. The third-order valence-corrected chi connectivity index (χ3v) is 7.78. The third kappa shape index (κ3) is 4.23. The Bertz CT molecular complexity index is 1190. The van der Waals surface area contributed by atoms with Crippen LogP contribution in [0.5, 0.6) is 0 Å². The number of anilines is 1. The van der Waals surface area contributed by atoms with E-state index in [4.69, 9.17) is 0 Å². The van der Waals surface area contributed by atoms with Crippen LogP contribution in [0, 0.1) is 0 Å². The zero-order valence-electron chi connectivity index (χ0n) is 19.4. The molecule has 0 spiro atoms. The highest BCUT2D eigenvalue weighted by atomic mass is 16.2. The summed E-state index contributed by atoms with van der Waals surface area (Å²) in [4.78, 5) is 35.3. The van der Waals surface area contributed by atoms with Crippen molar-refractivity contribution in [2.24, 2.45) is 0 Å². The largest absolute Gasteiger partial charge is 0.325 e. The van der Waals surface area contributed by atoms with Crippen molar-refractivity contribution in [1.82, 2.24) is 19.8 Å². The van der Waals surface area contributed by atoms with Crippen LogP contribution >= 0.6 is 0 Å². The summed E-state index contributed by atoms with van der Waals surface area (Å²) >= 11 is 0. The molecule has 0 saturated carbocycles. The first kappa shape index (κ1) is 21.9. The highest BCUT2D eigenvalue weighted by Crippen LogP contribution is 2.47. The van der Waals surface area contributed by atoms with E-state index in [9.17, 15) is 9.59 Å². The molecule has 7 nitrogen and oxygen atoms in total. The number of hydrogen-bond donors (Lipinski definition) is 3. The van der Waals surface area contributed by atoms with Gasteiger partial charge in [-0.1, -0.05) is 43.2 Å². The SMILES string of the molecule is CN1CCCCC[C@@H]2N(CC(=O)Nc3ccc4[nH]c(=O)[nH]c4c3)[C@H](c3ccccc3)C[C@@]21C. The number of aromatic amines is 2. The van der Waals surface area contributed by atoms with Crippen molar-refractivity contribution in [2.75, 3.05) is 25.5 Å². The molecule has 5 rings (SSSR count). The molecule has 2 aliphatic heterocycles. The smallest absolute Gasteiger partial charge is 0.323 e. The van der Waals surface area contributed by atoms with Crippen molar-refractivity contribution in [3.05, 3.63) is 64.6 Å². The molecule has 0 aliphatic carbocycles. The van der Waals surface area contributed by atoms with E-state index in [1.807, 2.05) is 18.2 Å². The number of likely N-dealkylation sites (tertiary alicyclic amines) is 2. The zero-order valence-corrected chi connectivity index (χ0v) is 19.4. The van der Waals surface area contributed by atoms with Gasteiger partial charge >= 0.3 is 5.69 Å². The van der Waals surface area contributed by atoms with Crippen LogP contribution in [0.3, 0.4) is 0 Å². The first-order valence-electron chi connectivity index (χ1n) is 12.0. The van der Waals surface area contributed by atoms with Crippen molar-refractivity contribution in [1.29, 1.82) is 0 Å². The average Bonchev–Trinajstić information content (AvgIpc) is 3.29. The lowest BCUT2D eigenvalue weighted by Gasteiger charge is -2.43. The summed E-state index contributed by atoms with van der Waals surface area (Å²) in [6.45, 7) is 3.83. The van der Waals surface area contributed by atoms with Crippen molar-refractivity contribution in [2.45, 2.75) is 56.7 Å². The van der Waals surface area contributed by atoms with Crippen LogP contribution in [0.1, 0.15) is 50.6 Å². The summed E-state index contributed by atoms with van der Waals surface area (Å²) in [5.41, 5.74) is 3.17. The number of rotatable bonds is 4. The molecule has 174 valence electrons. The van der Waals surface area contributed by atoms with Crippen LogP contribution in [-0.2, 0) is 4.79 Å². The van der Waals surface area contributed by atoms with Crippen LogP contribution in [0.15, 0.2) is 53.3 Å². The lowest BCUT2D eigenvalue weighted by atomic mass is 9.84. The van der Waals surface area contributed by atoms with Gasteiger partial charge in [0.05, 0.1) is 17.6 Å². The fraction of sp³-hybridized carbons (Fsp3) is 0.462. The number of likely N-dealkylation sites (N-methyl/N-ethyl adjacent to an activating group) is 1. The van der Waals surface area contributed by atoms with Gasteiger partial charge in [0.15, 0.2) is 0 Å². The Morgan fingerprint density at radius 3 is 2.70 bits per heavy atom. The Hall–Kier alpha value is -2.90. The molecule has 3 N–H and O–H groups in total. The minimum atomic E-state index is -0.246. The van der Waals surface area contributed by atoms with Crippen LogP contribution in [0.2, 0.25) is 0 Å². The van der Waals surface area contributed by atoms with Crippen LogP contribution in [-0.4, -0.2) is 57.4 Å². The van der Waals surface area contributed by atoms with Gasteiger partial charge in [0, 0.05) is 23.3 Å². The fourth-order valence-corrected chi connectivity index (χ4v) is 5.91. The molecule has 0 unspecified atom stereocenters. The normalized spacial score (nSPS) is 26.6. The Labute approximate surface area is 194 Å². The van der Waals surface area contributed by atoms with Gasteiger partial charge < -0.3 is 15.3 Å². The van der Waals surface area contributed by atoms with Crippen LogP contribution < -0.4 is 11.0 Å². The van der Waals surface area contributed by atoms with E-state index in [-0.39, 0.29) is 23.2 Å². The van der Waals surface area contributed by atoms with E-state index in [2.05, 4.69) is 63.3 Å². The maximum Gasteiger partial charge on any atom is 0.323 e. The maximum absolute atomic E-state index is 13.3. The lowest BCUT2D eigenvalue weighted by molar-refractivity contribution is -0.118. The van der Waals surface area contributed by atoms with Gasteiger partial charge in [0.25, 0.3) is 0 Å². The summed E-state index contributed by atoms with van der Waals surface area (Å²) in [5, 5.41) is 3.06. The second-order valence-corrected chi connectivity index (χ2v) is 9.83. The second-order valence-electron chi connectivity index (χ2n) is 9.83. The minimum Gasteiger partial charge on any atom is -0.325 e. The molecule has 2 aliphatic rings. The van der Waals surface area contributed by atoms with Crippen LogP contribution in [0.25, 0.3) is 11.0 Å². The van der Waals surface area contributed by atoms with Gasteiger partial charge in [-0.05, 0) is 63.5 Å². The Morgan fingerprint density at radius 1 is 1.09 bits per heavy atom. The lowest BCUT2D eigenvalue weighted by Crippen LogP contribution is -2.55. The molecule has 2 fully saturated rings. The number of imidazole rings is 1. The number of benzene rings is 2. The number of carbonyl (C=O) groups excluding carboxylic acids is 1. The first-order chi connectivity index (χ1) is 15.9. The highest BCUT2D eigenvalue weighted by molar-refractivity contribution is 5.94. The van der Waals surface area contributed by atoms with Gasteiger partial charge in [-0.3, -0.25) is 14.6 Å². The summed E-state index contributed by atoms with van der Waals surface area (Å²) in [5.74, 6) is -0.0258. The molecule has 0 radical (unpaired) electrons.